The molecule has 0 nitrogen and oxygen atoms in total. The summed E-state index contributed by atoms with van der Waals surface area (Å²) >= 11 is 0. The van der Waals surface area contributed by atoms with Crippen LogP contribution in [0, 0.1) is 13.8 Å². The van der Waals surface area contributed by atoms with Crippen molar-refractivity contribution in [1.82, 2.24) is 0 Å². The van der Waals surface area contributed by atoms with E-state index in [0.717, 1.165) is 0 Å². The van der Waals surface area contributed by atoms with Gasteiger partial charge in [0, 0.05) is 10.6 Å². The van der Waals surface area contributed by atoms with E-state index in [1.54, 1.807) is 0 Å². The van der Waals surface area contributed by atoms with Gasteiger partial charge < -0.3 is 0 Å². The molecular weight excluding hydrogens is 210 g/mol. The van der Waals surface area contributed by atoms with Gasteiger partial charge in [0.25, 0.3) is 0 Å². The zero-order chi connectivity index (χ0) is 11.5. The summed E-state index contributed by atoms with van der Waals surface area (Å²) in [4.78, 5) is 0. The second kappa shape index (κ2) is 4.85. The van der Waals surface area contributed by atoms with Gasteiger partial charge in [0.15, 0.2) is 0 Å². The summed E-state index contributed by atoms with van der Waals surface area (Å²) in [5, 5.41) is 2.55. The number of benzene rings is 2. The van der Waals surface area contributed by atoms with E-state index in [4.69, 9.17) is 7.57 Å². The average molecular weight is 225 g/mol. The monoisotopic (exact) mass is 225 g/mol. The number of hydrogen-bond acceptors (Lipinski definition) is 0. The van der Waals surface area contributed by atoms with Gasteiger partial charge in [-0.2, -0.15) is 7.80 Å². The lowest BCUT2D eigenvalue weighted by atomic mass is 10.2. The van der Waals surface area contributed by atoms with E-state index < -0.39 is 7.80 Å². The van der Waals surface area contributed by atoms with Crippen LogP contribution in [-0.4, -0.2) is 7.57 Å². The Morgan fingerprint density at radius 2 is 1.25 bits per heavy atom. The molecule has 79 valence electrons. The third-order valence-corrected chi connectivity index (χ3v) is 4.52. The van der Waals surface area contributed by atoms with Crippen molar-refractivity contribution in [2.75, 3.05) is 0 Å². The van der Waals surface area contributed by atoms with Crippen molar-refractivity contribution in [2.45, 2.75) is 13.8 Å². The highest BCUT2D eigenvalue weighted by Gasteiger charge is 2.05. The minimum absolute atomic E-state index is 1.09. The Morgan fingerprint density at radius 1 is 0.812 bits per heavy atom. The fraction of sp³-hybridized carbons (Fsp3) is 0.143. The lowest BCUT2D eigenvalue weighted by Crippen LogP contribution is -2.12. The fourth-order valence-electron chi connectivity index (χ4n) is 1.79. The lowest BCUT2D eigenvalue weighted by Gasteiger charge is -2.17. The van der Waals surface area contributed by atoms with Gasteiger partial charge in [-0.25, -0.2) is 0 Å². The van der Waals surface area contributed by atoms with Crippen LogP contribution in [0.3, 0.4) is 0 Å². The normalized spacial score (nSPS) is 10.8. The zero-order valence-corrected chi connectivity index (χ0v) is 10.7. The van der Waals surface area contributed by atoms with E-state index in [1.807, 2.05) is 0 Å². The van der Waals surface area contributed by atoms with Crippen LogP contribution in [-0.2, 0) is 0 Å². The van der Waals surface area contributed by atoms with E-state index in [1.165, 1.54) is 21.7 Å². The van der Waals surface area contributed by atoms with Crippen molar-refractivity contribution in [2.24, 2.45) is 0 Å². The Labute approximate surface area is 99.8 Å². The Morgan fingerprint density at radius 3 is 1.62 bits per heavy atom. The largest absolute Gasteiger partial charge is 0.295 e. The first kappa shape index (κ1) is 11.4. The SMILES string of the molecule is [B-][PH+](c1cccc(C)c1)c1cccc(C)c1. The molecule has 0 aliphatic heterocycles. The third-order valence-electron chi connectivity index (χ3n) is 2.66. The van der Waals surface area contributed by atoms with E-state index in [2.05, 4.69) is 62.4 Å². The maximum Gasteiger partial charge on any atom is 0.0446 e. The average Bonchev–Trinajstić information content (AvgIpc) is 2.28. The molecule has 2 rings (SSSR count). The molecule has 0 saturated heterocycles. The molecule has 0 aliphatic carbocycles. The summed E-state index contributed by atoms with van der Waals surface area (Å²) in [5.74, 6) is 0. The van der Waals surface area contributed by atoms with Crippen LogP contribution in [0.2, 0.25) is 0 Å². The molecular formula is C14H15BP. The van der Waals surface area contributed by atoms with Crippen molar-refractivity contribution in [3.8, 4) is 0 Å². The first-order valence-corrected chi connectivity index (χ1v) is 7.01. The summed E-state index contributed by atoms with van der Waals surface area (Å²) in [6.45, 7) is 4.21. The Bertz CT molecular complexity index is 448. The lowest BCUT2D eigenvalue weighted by molar-refractivity contribution is 1.49. The molecule has 0 saturated carbocycles. The second-order valence-corrected chi connectivity index (χ2v) is 6.13. The zero-order valence-electron chi connectivity index (χ0n) is 9.70. The van der Waals surface area contributed by atoms with Crippen molar-refractivity contribution in [1.29, 1.82) is 0 Å². The van der Waals surface area contributed by atoms with Crippen LogP contribution in [0.1, 0.15) is 11.1 Å². The second-order valence-electron chi connectivity index (χ2n) is 4.15. The van der Waals surface area contributed by atoms with Crippen LogP contribution in [0.4, 0.5) is 0 Å². The topological polar surface area (TPSA) is 0 Å². The number of hydrogen-bond donors (Lipinski definition) is 0. The van der Waals surface area contributed by atoms with Gasteiger partial charge in [0.05, 0.1) is 0 Å². The predicted molar refractivity (Wildman–Crippen MR) is 75.7 cm³/mol. The molecule has 0 spiro atoms. The molecule has 0 aromatic heterocycles. The molecule has 0 fully saturated rings. The van der Waals surface area contributed by atoms with Crippen molar-refractivity contribution < 1.29 is 0 Å². The molecule has 0 N–H and O–H groups in total. The molecule has 0 aliphatic rings. The molecule has 0 atom stereocenters. The third kappa shape index (κ3) is 2.54. The minimum atomic E-state index is -1.09. The maximum absolute atomic E-state index is 6.36. The van der Waals surface area contributed by atoms with Crippen LogP contribution in [0.15, 0.2) is 48.5 Å². The van der Waals surface area contributed by atoms with Crippen molar-refractivity contribution in [3.05, 3.63) is 59.7 Å². The molecule has 2 aromatic carbocycles. The minimum Gasteiger partial charge on any atom is -0.295 e. The standard InChI is InChI=1S/C14H15BP/c1-11-5-3-7-13(9-11)16(15)14-8-4-6-12(2)10-14/h3-10,16H,1-2H3. The fourth-order valence-corrected chi connectivity index (χ4v) is 3.44. The molecule has 0 bridgehead atoms. The Balaban J connectivity index is 2.35. The van der Waals surface area contributed by atoms with Gasteiger partial charge in [0.2, 0.25) is 0 Å². The highest BCUT2D eigenvalue weighted by Crippen LogP contribution is 2.27. The Kier molecular flexibility index (Phi) is 3.46. The summed E-state index contributed by atoms with van der Waals surface area (Å²) < 4.78 is 0. The summed E-state index contributed by atoms with van der Waals surface area (Å²) in [7, 11) is 5.27. The molecule has 0 heterocycles. The van der Waals surface area contributed by atoms with E-state index >= 15 is 0 Å². The summed E-state index contributed by atoms with van der Waals surface area (Å²) in [6.07, 6.45) is 0. The van der Waals surface area contributed by atoms with Gasteiger partial charge >= 0.3 is 0 Å². The maximum atomic E-state index is 6.36. The van der Waals surface area contributed by atoms with Gasteiger partial charge in [-0.3, -0.25) is 7.57 Å². The van der Waals surface area contributed by atoms with E-state index in [0.29, 0.717) is 0 Å². The van der Waals surface area contributed by atoms with Gasteiger partial charge in [0.1, 0.15) is 0 Å². The van der Waals surface area contributed by atoms with Gasteiger partial charge in [-0.15, -0.1) is 0 Å². The molecule has 2 heteroatoms. The molecule has 0 unspecified atom stereocenters. The first-order valence-electron chi connectivity index (χ1n) is 5.43. The molecule has 2 aromatic rings. The number of rotatable bonds is 2. The highest BCUT2D eigenvalue weighted by atomic mass is 31.1. The molecule has 16 heavy (non-hydrogen) atoms. The summed E-state index contributed by atoms with van der Waals surface area (Å²) in [6, 6.07) is 17.0. The quantitative estimate of drug-likeness (QED) is 0.544. The van der Waals surface area contributed by atoms with Gasteiger partial charge in [-0.1, -0.05) is 24.3 Å². The highest BCUT2D eigenvalue weighted by molar-refractivity contribution is 7.94. The summed E-state index contributed by atoms with van der Waals surface area (Å²) in [5.41, 5.74) is 2.55. The van der Waals surface area contributed by atoms with Crippen LogP contribution in [0.5, 0.6) is 0 Å². The smallest absolute Gasteiger partial charge is 0.0446 e. The molecule has 3 radical (unpaired) electrons. The number of aryl methyl sites for hydroxylation is 2. The van der Waals surface area contributed by atoms with Crippen molar-refractivity contribution >= 4 is 26.0 Å². The van der Waals surface area contributed by atoms with Crippen LogP contribution in [0.25, 0.3) is 0 Å². The van der Waals surface area contributed by atoms with Crippen LogP contribution < -0.4 is 10.6 Å². The van der Waals surface area contributed by atoms with E-state index in [-0.39, 0.29) is 0 Å². The van der Waals surface area contributed by atoms with Gasteiger partial charge in [-0.05, 0) is 49.2 Å². The first-order chi connectivity index (χ1) is 7.66. The Hall–Kier alpha value is -1.07. The van der Waals surface area contributed by atoms with Crippen LogP contribution >= 0.6 is 7.80 Å². The van der Waals surface area contributed by atoms with E-state index in [9.17, 15) is 0 Å². The molecule has 0 amide bonds. The van der Waals surface area contributed by atoms with Crippen molar-refractivity contribution in [3.63, 3.8) is 0 Å². The predicted octanol–water partition coefficient (Wildman–Crippen LogP) is 2.55.